The van der Waals surface area contributed by atoms with Gasteiger partial charge < -0.3 is 19.4 Å². The molecule has 0 bridgehead atoms. The Hall–Kier alpha value is -2.92. The summed E-state index contributed by atoms with van der Waals surface area (Å²) in [5.41, 5.74) is 1.98. The number of carbonyl (C=O) groups excluding carboxylic acids is 1. The summed E-state index contributed by atoms with van der Waals surface area (Å²) < 4.78 is 41.0. The van der Waals surface area contributed by atoms with Gasteiger partial charge in [-0.05, 0) is 55.3 Å². The van der Waals surface area contributed by atoms with Gasteiger partial charge >= 0.3 is 0 Å². The van der Waals surface area contributed by atoms with Crippen LogP contribution in [0.15, 0.2) is 53.6 Å². The molecule has 2 fully saturated rings. The van der Waals surface area contributed by atoms with Crippen LogP contribution in [0.3, 0.4) is 0 Å². The Kier molecular flexibility index (Phi) is 6.79. The zero-order valence-electron chi connectivity index (χ0n) is 19.7. The Labute approximate surface area is 205 Å². The van der Waals surface area contributed by atoms with Crippen LogP contribution >= 0.6 is 0 Å². The van der Waals surface area contributed by atoms with Crippen LogP contribution in [-0.2, 0) is 21.3 Å². The molecule has 1 amide bonds. The van der Waals surface area contributed by atoms with Crippen LogP contribution in [0.5, 0.6) is 5.75 Å². The normalized spacial score (nSPS) is 16.9. The molecule has 5 rings (SSSR count). The number of sulfonamides is 1. The van der Waals surface area contributed by atoms with E-state index in [4.69, 9.17) is 9.47 Å². The highest BCUT2D eigenvalue weighted by molar-refractivity contribution is 7.89. The third kappa shape index (κ3) is 5.51. The van der Waals surface area contributed by atoms with Crippen LogP contribution in [0.2, 0.25) is 0 Å². The Bertz CT molecular complexity index is 1330. The molecule has 9 nitrogen and oxygen atoms in total. The topological polar surface area (TPSA) is 102 Å². The van der Waals surface area contributed by atoms with Crippen molar-refractivity contribution in [1.29, 1.82) is 0 Å². The average molecular weight is 499 g/mol. The van der Waals surface area contributed by atoms with Gasteiger partial charge in [-0.3, -0.25) is 9.69 Å². The van der Waals surface area contributed by atoms with E-state index >= 15 is 0 Å². The highest BCUT2D eigenvalue weighted by atomic mass is 32.2. The number of rotatable bonds is 9. The van der Waals surface area contributed by atoms with Gasteiger partial charge in [0.2, 0.25) is 10.0 Å². The number of amides is 1. The van der Waals surface area contributed by atoms with Crippen molar-refractivity contribution in [2.24, 2.45) is 0 Å². The third-order valence-electron chi connectivity index (χ3n) is 6.40. The number of methoxy groups -OCH3 is 1. The van der Waals surface area contributed by atoms with Crippen LogP contribution < -0.4 is 14.8 Å². The molecule has 0 radical (unpaired) electrons. The zero-order chi connectivity index (χ0) is 24.4. The minimum absolute atomic E-state index is 0.0349. The van der Waals surface area contributed by atoms with Crippen LogP contribution in [0.1, 0.15) is 23.2 Å². The summed E-state index contributed by atoms with van der Waals surface area (Å²) in [6, 6.07) is 12.2. The van der Waals surface area contributed by atoms with Crippen molar-refractivity contribution < 1.29 is 22.7 Å². The molecule has 2 heterocycles. The van der Waals surface area contributed by atoms with Crippen LogP contribution in [-0.4, -0.2) is 69.8 Å². The molecular weight excluding hydrogens is 468 g/mol. The first-order chi connectivity index (χ1) is 16.9. The van der Waals surface area contributed by atoms with Gasteiger partial charge in [0.05, 0.1) is 20.3 Å². The number of hydrogen-bond donors (Lipinski definition) is 2. The van der Waals surface area contributed by atoms with Crippen molar-refractivity contribution in [3.8, 4) is 5.75 Å². The summed E-state index contributed by atoms with van der Waals surface area (Å²) in [4.78, 5) is 15.3. The fourth-order valence-corrected chi connectivity index (χ4v) is 5.76. The highest BCUT2D eigenvalue weighted by Crippen LogP contribution is 2.29. The van der Waals surface area contributed by atoms with Crippen molar-refractivity contribution in [1.82, 2.24) is 14.2 Å². The van der Waals surface area contributed by atoms with Crippen molar-refractivity contribution in [3.05, 3.63) is 54.2 Å². The molecule has 2 N–H and O–H groups in total. The second-order valence-electron chi connectivity index (χ2n) is 8.95. The van der Waals surface area contributed by atoms with Crippen molar-refractivity contribution in [3.63, 3.8) is 0 Å². The number of nitrogens with one attached hydrogen (secondary N) is 2. The number of carbonyl (C=O) groups is 1. The van der Waals surface area contributed by atoms with E-state index in [9.17, 15) is 13.2 Å². The van der Waals surface area contributed by atoms with Crippen LogP contribution in [0.4, 0.5) is 5.69 Å². The molecule has 2 aromatic carbocycles. The van der Waals surface area contributed by atoms with Crippen molar-refractivity contribution in [2.75, 3.05) is 45.3 Å². The number of aromatic nitrogens is 1. The van der Waals surface area contributed by atoms with E-state index in [-0.39, 0.29) is 28.2 Å². The number of nitrogens with zero attached hydrogens (tertiary/aromatic N) is 2. The molecule has 186 valence electrons. The first kappa shape index (κ1) is 23.8. The lowest BCUT2D eigenvalue weighted by molar-refractivity contribution is 0.0365. The molecule has 10 heteroatoms. The average Bonchev–Trinajstić information content (AvgIpc) is 3.58. The van der Waals surface area contributed by atoms with E-state index < -0.39 is 10.0 Å². The zero-order valence-corrected chi connectivity index (χ0v) is 20.5. The second-order valence-corrected chi connectivity index (χ2v) is 10.6. The van der Waals surface area contributed by atoms with E-state index in [2.05, 4.69) is 25.7 Å². The summed E-state index contributed by atoms with van der Waals surface area (Å²) in [6.07, 6.45) is 3.70. The molecule has 1 aromatic heterocycles. The Morgan fingerprint density at radius 1 is 1.09 bits per heavy atom. The SMILES string of the molecule is COc1ccc(C(=O)Nc2ccc3c(ccn3CCN3CCOCC3)c2)cc1S(=O)(=O)NC1CC1. The Morgan fingerprint density at radius 2 is 1.89 bits per heavy atom. The molecule has 2 aliphatic rings. The largest absolute Gasteiger partial charge is 0.495 e. The number of anilines is 1. The van der Waals surface area contributed by atoms with Crippen LogP contribution in [0.25, 0.3) is 10.9 Å². The predicted octanol–water partition coefficient (Wildman–Crippen LogP) is 2.68. The lowest BCUT2D eigenvalue weighted by Gasteiger charge is -2.26. The van der Waals surface area contributed by atoms with E-state index in [0.717, 1.165) is 63.1 Å². The maximum atomic E-state index is 13.0. The van der Waals surface area contributed by atoms with Gasteiger partial charge in [0.25, 0.3) is 5.91 Å². The van der Waals surface area contributed by atoms with Gasteiger partial charge in [-0.25, -0.2) is 13.1 Å². The molecule has 0 spiro atoms. The highest BCUT2D eigenvalue weighted by Gasteiger charge is 2.30. The standard InChI is InChI=1S/C25H30N4O5S/c1-33-23-7-2-19(17-24(23)35(31,32)27-20-3-4-20)25(30)26-21-5-6-22-18(16-21)8-9-29(22)11-10-28-12-14-34-15-13-28/h2,5-9,16-17,20,27H,3-4,10-15H2,1H3,(H,26,30). The molecule has 35 heavy (non-hydrogen) atoms. The van der Waals surface area contributed by atoms with Gasteiger partial charge in [0.15, 0.2) is 0 Å². The Balaban J connectivity index is 1.30. The monoisotopic (exact) mass is 498 g/mol. The van der Waals surface area contributed by atoms with E-state index in [1.807, 2.05) is 24.3 Å². The number of hydrogen-bond acceptors (Lipinski definition) is 6. The quantitative estimate of drug-likeness (QED) is 0.470. The number of morpholine rings is 1. The molecule has 1 aliphatic carbocycles. The summed E-state index contributed by atoms with van der Waals surface area (Å²) in [6.45, 7) is 5.33. The number of benzene rings is 2. The molecule has 3 aromatic rings. The first-order valence-electron chi connectivity index (χ1n) is 11.8. The molecule has 1 saturated heterocycles. The molecule has 0 atom stereocenters. The predicted molar refractivity (Wildman–Crippen MR) is 133 cm³/mol. The second kappa shape index (κ2) is 9.98. The maximum Gasteiger partial charge on any atom is 0.255 e. The first-order valence-corrected chi connectivity index (χ1v) is 13.3. The van der Waals surface area contributed by atoms with E-state index in [1.54, 1.807) is 6.07 Å². The molecule has 1 saturated carbocycles. The van der Waals surface area contributed by atoms with Crippen LogP contribution in [0, 0.1) is 0 Å². The third-order valence-corrected chi connectivity index (χ3v) is 7.95. The lowest BCUT2D eigenvalue weighted by atomic mass is 10.2. The van der Waals surface area contributed by atoms with Gasteiger partial charge in [0, 0.05) is 60.6 Å². The lowest BCUT2D eigenvalue weighted by Crippen LogP contribution is -2.38. The maximum absolute atomic E-state index is 13.0. The molecule has 0 unspecified atom stereocenters. The summed E-state index contributed by atoms with van der Waals surface area (Å²) in [5.74, 6) is -0.184. The van der Waals surface area contributed by atoms with E-state index in [1.165, 1.54) is 19.2 Å². The number of fused-ring (bicyclic) bond motifs is 1. The fraction of sp³-hybridized carbons (Fsp3) is 0.400. The van der Waals surface area contributed by atoms with E-state index in [0.29, 0.717) is 5.69 Å². The summed E-state index contributed by atoms with van der Waals surface area (Å²) in [7, 11) is -2.37. The van der Waals surface area contributed by atoms with Gasteiger partial charge in [-0.15, -0.1) is 0 Å². The molecular formula is C25H30N4O5S. The van der Waals surface area contributed by atoms with Gasteiger partial charge in [-0.2, -0.15) is 0 Å². The Morgan fingerprint density at radius 3 is 2.63 bits per heavy atom. The smallest absolute Gasteiger partial charge is 0.255 e. The minimum atomic E-state index is -3.78. The van der Waals surface area contributed by atoms with Gasteiger partial charge in [-0.1, -0.05) is 0 Å². The van der Waals surface area contributed by atoms with Crippen molar-refractivity contribution >= 4 is 32.5 Å². The fourth-order valence-electron chi connectivity index (χ4n) is 4.26. The van der Waals surface area contributed by atoms with Gasteiger partial charge in [0.1, 0.15) is 10.6 Å². The van der Waals surface area contributed by atoms with Crippen molar-refractivity contribution in [2.45, 2.75) is 30.3 Å². The minimum Gasteiger partial charge on any atom is -0.495 e. The molecule has 1 aliphatic heterocycles. The number of ether oxygens (including phenoxy) is 2. The summed E-state index contributed by atoms with van der Waals surface area (Å²) >= 11 is 0. The summed E-state index contributed by atoms with van der Waals surface area (Å²) in [5, 5.41) is 3.91.